The number of hydrogen-bond donors (Lipinski definition) is 1. The van der Waals surface area contributed by atoms with Crippen LogP contribution in [0.3, 0.4) is 0 Å². The van der Waals surface area contributed by atoms with E-state index in [0.717, 1.165) is 40.3 Å². The van der Waals surface area contributed by atoms with Crippen LogP contribution in [0.1, 0.15) is 36.1 Å². The largest absolute Gasteiger partial charge is 0.474 e. The molecule has 0 aliphatic heterocycles. The molecule has 1 saturated carbocycles. The fourth-order valence-electron chi connectivity index (χ4n) is 3.10. The van der Waals surface area contributed by atoms with Gasteiger partial charge in [-0.15, -0.1) is 11.3 Å². The summed E-state index contributed by atoms with van der Waals surface area (Å²) in [6.45, 7) is 2.77. The van der Waals surface area contributed by atoms with Gasteiger partial charge in [0.05, 0.1) is 5.39 Å². The Labute approximate surface area is 145 Å². The Kier molecular flexibility index (Phi) is 4.30. The van der Waals surface area contributed by atoms with Crippen LogP contribution in [0, 0.1) is 6.92 Å². The van der Waals surface area contributed by atoms with E-state index in [2.05, 4.69) is 33.3 Å². The first-order chi connectivity index (χ1) is 11.8. The number of hydrogen-bond acceptors (Lipinski definition) is 6. The number of ether oxygens (including phenoxy) is 1. The molecule has 0 amide bonds. The molecular formula is C18H20N4OS. The molecule has 1 aliphatic rings. The number of aryl methyl sites for hydroxylation is 1. The Morgan fingerprint density at radius 2 is 2.08 bits per heavy atom. The van der Waals surface area contributed by atoms with Crippen molar-refractivity contribution < 1.29 is 4.74 Å². The van der Waals surface area contributed by atoms with Gasteiger partial charge in [0.15, 0.2) is 0 Å². The van der Waals surface area contributed by atoms with Crippen molar-refractivity contribution in [3.63, 3.8) is 0 Å². The van der Waals surface area contributed by atoms with E-state index in [1.54, 1.807) is 17.7 Å². The number of thiophene rings is 1. The lowest BCUT2D eigenvalue weighted by atomic mass is 10.2. The van der Waals surface area contributed by atoms with Gasteiger partial charge in [0.25, 0.3) is 0 Å². The van der Waals surface area contributed by atoms with Crippen LogP contribution in [0.2, 0.25) is 0 Å². The molecule has 6 heteroatoms. The smallest absolute Gasteiger partial charge is 0.213 e. The topological polar surface area (TPSA) is 59.9 Å². The summed E-state index contributed by atoms with van der Waals surface area (Å²) in [4.78, 5) is 15.3. The minimum absolute atomic E-state index is 0.330. The molecular weight excluding hydrogens is 320 g/mol. The van der Waals surface area contributed by atoms with Crippen molar-refractivity contribution in [3.8, 4) is 5.88 Å². The minimum Gasteiger partial charge on any atom is -0.474 e. The van der Waals surface area contributed by atoms with Gasteiger partial charge in [0.1, 0.15) is 23.1 Å². The molecule has 124 valence electrons. The SMILES string of the molecule is Cc1cc2c(NCc3ccnc(OC4CCCC4)c3)ncnc2s1. The monoisotopic (exact) mass is 340 g/mol. The molecule has 3 aromatic rings. The highest BCUT2D eigenvalue weighted by atomic mass is 32.1. The zero-order valence-electron chi connectivity index (χ0n) is 13.7. The zero-order valence-corrected chi connectivity index (χ0v) is 14.5. The van der Waals surface area contributed by atoms with Crippen molar-refractivity contribution >= 4 is 27.4 Å². The van der Waals surface area contributed by atoms with Gasteiger partial charge >= 0.3 is 0 Å². The lowest BCUT2D eigenvalue weighted by molar-refractivity contribution is 0.201. The normalized spacial score (nSPS) is 15.0. The molecule has 0 aromatic carbocycles. The van der Waals surface area contributed by atoms with Crippen LogP contribution in [-0.4, -0.2) is 21.1 Å². The molecule has 0 saturated heterocycles. The van der Waals surface area contributed by atoms with Crippen molar-refractivity contribution in [3.05, 3.63) is 41.2 Å². The van der Waals surface area contributed by atoms with Crippen LogP contribution in [0.15, 0.2) is 30.7 Å². The summed E-state index contributed by atoms with van der Waals surface area (Å²) >= 11 is 1.69. The average Bonchev–Trinajstić information content (AvgIpc) is 3.22. The van der Waals surface area contributed by atoms with Crippen molar-refractivity contribution in [2.75, 3.05) is 5.32 Å². The standard InChI is InChI=1S/C18H20N4OS/c1-12-8-15-17(21-11-22-18(15)24-12)20-10-13-6-7-19-16(9-13)23-14-4-2-3-5-14/h6-9,11,14H,2-5,10H2,1H3,(H,20,21,22). The molecule has 0 spiro atoms. The summed E-state index contributed by atoms with van der Waals surface area (Å²) in [6, 6.07) is 6.15. The number of rotatable bonds is 5. The van der Waals surface area contributed by atoms with Crippen molar-refractivity contribution in [1.82, 2.24) is 15.0 Å². The highest BCUT2D eigenvalue weighted by molar-refractivity contribution is 7.18. The zero-order chi connectivity index (χ0) is 16.4. The third kappa shape index (κ3) is 3.33. The van der Waals surface area contributed by atoms with Gasteiger partial charge in [0.2, 0.25) is 5.88 Å². The number of nitrogens with zero attached hydrogens (tertiary/aromatic N) is 3. The Morgan fingerprint density at radius 3 is 2.96 bits per heavy atom. The van der Waals surface area contributed by atoms with Gasteiger partial charge in [-0.2, -0.15) is 0 Å². The summed E-state index contributed by atoms with van der Waals surface area (Å²) in [5.74, 6) is 1.60. The lowest BCUT2D eigenvalue weighted by Crippen LogP contribution is -2.12. The van der Waals surface area contributed by atoms with Crippen molar-refractivity contribution in [1.29, 1.82) is 0 Å². The van der Waals surface area contributed by atoms with E-state index in [0.29, 0.717) is 12.6 Å². The molecule has 0 radical (unpaired) electrons. The summed E-state index contributed by atoms with van der Waals surface area (Å²) in [7, 11) is 0. The molecule has 0 atom stereocenters. The van der Waals surface area contributed by atoms with Gasteiger partial charge < -0.3 is 10.1 Å². The van der Waals surface area contributed by atoms with Gasteiger partial charge in [-0.1, -0.05) is 0 Å². The Balaban J connectivity index is 1.46. The highest BCUT2D eigenvalue weighted by Gasteiger charge is 2.17. The maximum absolute atomic E-state index is 5.98. The third-order valence-corrected chi connectivity index (χ3v) is 5.26. The van der Waals surface area contributed by atoms with Gasteiger partial charge in [-0.25, -0.2) is 15.0 Å². The van der Waals surface area contributed by atoms with Crippen LogP contribution in [0.25, 0.3) is 10.2 Å². The van der Waals surface area contributed by atoms with Crippen LogP contribution in [0.5, 0.6) is 5.88 Å². The molecule has 1 N–H and O–H groups in total. The second-order valence-electron chi connectivity index (χ2n) is 6.18. The van der Waals surface area contributed by atoms with Crippen molar-refractivity contribution in [2.24, 2.45) is 0 Å². The summed E-state index contributed by atoms with van der Waals surface area (Å²) in [5, 5.41) is 4.49. The average molecular weight is 340 g/mol. The first-order valence-corrected chi connectivity index (χ1v) is 9.16. The van der Waals surface area contributed by atoms with Crippen LogP contribution in [-0.2, 0) is 6.54 Å². The Hall–Kier alpha value is -2.21. The minimum atomic E-state index is 0.330. The molecule has 1 fully saturated rings. The predicted octanol–water partition coefficient (Wildman–Crippen LogP) is 4.33. The van der Waals surface area contributed by atoms with E-state index in [-0.39, 0.29) is 0 Å². The van der Waals surface area contributed by atoms with E-state index < -0.39 is 0 Å². The van der Waals surface area contributed by atoms with Gasteiger partial charge in [-0.05, 0) is 50.3 Å². The summed E-state index contributed by atoms with van der Waals surface area (Å²) in [6.07, 6.45) is 8.55. The molecule has 1 aliphatic carbocycles. The second-order valence-corrected chi connectivity index (χ2v) is 7.41. The number of aromatic nitrogens is 3. The quantitative estimate of drug-likeness (QED) is 0.749. The lowest BCUT2D eigenvalue weighted by Gasteiger charge is -2.13. The fourth-order valence-corrected chi connectivity index (χ4v) is 3.95. The Morgan fingerprint density at radius 1 is 1.21 bits per heavy atom. The van der Waals surface area contributed by atoms with E-state index in [4.69, 9.17) is 4.74 Å². The number of fused-ring (bicyclic) bond motifs is 1. The first kappa shape index (κ1) is 15.3. The van der Waals surface area contributed by atoms with Gasteiger partial charge in [-0.3, -0.25) is 0 Å². The van der Waals surface area contributed by atoms with E-state index in [1.165, 1.54) is 17.7 Å². The third-order valence-electron chi connectivity index (χ3n) is 4.30. The molecule has 5 nitrogen and oxygen atoms in total. The maximum atomic E-state index is 5.98. The molecule has 24 heavy (non-hydrogen) atoms. The van der Waals surface area contributed by atoms with Crippen molar-refractivity contribution in [2.45, 2.75) is 45.3 Å². The summed E-state index contributed by atoms with van der Waals surface area (Å²) < 4.78 is 5.98. The van der Waals surface area contributed by atoms with Crippen LogP contribution < -0.4 is 10.1 Å². The Bertz CT molecular complexity index is 842. The molecule has 4 rings (SSSR count). The fraction of sp³-hybridized carbons (Fsp3) is 0.389. The maximum Gasteiger partial charge on any atom is 0.213 e. The molecule has 0 unspecified atom stereocenters. The molecule has 3 aromatic heterocycles. The van der Waals surface area contributed by atoms with Crippen LogP contribution in [0.4, 0.5) is 5.82 Å². The van der Waals surface area contributed by atoms with Crippen LogP contribution >= 0.6 is 11.3 Å². The second kappa shape index (κ2) is 6.73. The van der Waals surface area contributed by atoms with Gasteiger partial charge in [0, 0.05) is 23.7 Å². The van der Waals surface area contributed by atoms with E-state index in [1.807, 2.05) is 18.3 Å². The molecule has 0 bridgehead atoms. The number of nitrogens with one attached hydrogen (secondary N) is 1. The number of pyridine rings is 1. The first-order valence-electron chi connectivity index (χ1n) is 8.34. The summed E-state index contributed by atoms with van der Waals surface area (Å²) in [5.41, 5.74) is 1.14. The predicted molar refractivity (Wildman–Crippen MR) is 96.6 cm³/mol. The highest BCUT2D eigenvalue weighted by Crippen LogP contribution is 2.28. The van der Waals surface area contributed by atoms with E-state index >= 15 is 0 Å². The molecule has 3 heterocycles. The van der Waals surface area contributed by atoms with E-state index in [9.17, 15) is 0 Å². The number of anilines is 1.